The Hall–Kier alpha value is -2.30. The standard InChI is InChI=1S/C14H10F3NO/c15-11-7-6-10(13(16)14(11)17)12(19)8-18-9-4-2-1-3-5-9/h1-7,18H,8H2. The van der Waals surface area contributed by atoms with E-state index < -0.39 is 28.8 Å². The molecule has 0 bridgehead atoms. The van der Waals surface area contributed by atoms with E-state index in [1.807, 2.05) is 6.07 Å². The van der Waals surface area contributed by atoms with E-state index >= 15 is 0 Å². The second-order valence-corrected chi connectivity index (χ2v) is 3.87. The Kier molecular flexibility index (Phi) is 3.85. The van der Waals surface area contributed by atoms with Crippen molar-refractivity contribution in [1.82, 2.24) is 0 Å². The molecule has 0 atom stereocenters. The maximum Gasteiger partial charge on any atom is 0.195 e. The van der Waals surface area contributed by atoms with E-state index in [1.54, 1.807) is 24.3 Å². The van der Waals surface area contributed by atoms with Crippen LogP contribution in [0, 0.1) is 17.5 Å². The van der Waals surface area contributed by atoms with E-state index in [2.05, 4.69) is 5.32 Å². The van der Waals surface area contributed by atoms with Crippen LogP contribution in [-0.2, 0) is 0 Å². The van der Waals surface area contributed by atoms with Crippen molar-refractivity contribution in [3.8, 4) is 0 Å². The predicted molar refractivity (Wildman–Crippen MR) is 65.6 cm³/mol. The lowest BCUT2D eigenvalue weighted by Crippen LogP contribution is -2.16. The summed E-state index contributed by atoms with van der Waals surface area (Å²) < 4.78 is 39.1. The molecule has 2 rings (SSSR count). The SMILES string of the molecule is O=C(CNc1ccccc1)c1ccc(F)c(F)c1F. The Labute approximate surface area is 107 Å². The number of halogens is 3. The Balaban J connectivity index is 2.11. The number of carbonyl (C=O) groups is 1. The topological polar surface area (TPSA) is 29.1 Å². The van der Waals surface area contributed by atoms with Crippen LogP contribution in [0.4, 0.5) is 18.9 Å². The first-order valence-electron chi connectivity index (χ1n) is 5.55. The molecule has 0 saturated heterocycles. The van der Waals surface area contributed by atoms with Gasteiger partial charge in [-0.15, -0.1) is 0 Å². The van der Waals surface area contributed by atoms with Gasteiger partial charge in [-0.05, 0) is 24.3 Å². The Morgan fingerprint density at radius 1 is 0.947 bits per heavy atom. The van der Waals surface area contributed by atoms with Gasteiger partial charge in [0.15, 0.2) is 23.2 Å². The zero-order valence-electron chi connectivity index (χ0n) is 9.79. The number of para-hydroxylation sites is 1. The van der Waals surface area contributed by atoms with Crippen molar-refractivity contribution < 1.29 is 18.0 Å². The minimum absolute atomic E-state index is 0.202. The van der Waals surface area contributed by atoms with Crippen molar-refractivity contribution in [2.75, 3.05) is 11.9 Å². The number of Topliss-reactive ketones (excluding diaryl/α,β-unsaturated/α-hetero) is 1. The van der Waals surface area contributed by atoms with Gasteiger partial charge >= 0.3 is 0 Å². The molecule has 0 radical (unpaired) electrons. The second kappa shape index (κ2) is 5.56. The molecule has 0 aliphatic heterocycles. The highest BCUT2D eigenvalue weighted by molar-refractivity contribution is 5.99. The molecule has 0 amide bonds. The quantitative estimate of drug-likeness (QED) is 0.678. The van der Waals surface area contributed by atoms with Gasteiger partial charge in [-0.25, -0.2) is 13.2 Å². The first-order chi connectivity index (χ1) is 9.09. The van der Waals surface area contributed by atoms with E-state index in [1.165, 1.54) is 0 Å². The largest absolute Gasteiger partial charge is 0.378 e. The third kappa shape index (κ3) is 2.93. The second-order valence-electron chi connectivity index (χ2n) is 3.87. The van der Waals surface area contributed by atoms with Crippen LogP contribution in [0.2, 0.25) is 0 Å². The Bertz CT molecular complexity index is 599. The van der Waals surface area contributed by atoms with Crippen molar-refractivity contribution >= 4 is 11.5 Å². The number of ketones is 1. The predicted octanol–water partition coefficient (Wildman–Crippen LogP) is 3.40. The van der Waals surface area contributed by atoms with E-state index in [-0.39, 0.29) is 6.54 Å². The van der Waals surface area contributed by atoms with Crippen LogP contribution in [0.1, 0.15) is 10.4 Å². The minimum Gasteiger partial charge on any atom is -0.378 e. The average Bonchev–Trinajstić information content (AvgIpc) is 2.43. The van der Waals surface area contributed by atoms with Crippen LogP contribution in [0.15, 0.2) is 42.5 Å². The molecule has 0 heterocycles. The first-order valence-corrected chi connectivity index (χ1v) is 5.55. The third-order valence-corrected chi connectivity index (χ3v) is 2.56. The lowest BCUT2D eigenvalue weighted by atomic mass is 10.1. The Morgan fingerprint density at radius 3 is 2.32 bits per heavy atom. The zero-order chi connectivity index (χ0) is 13.8. The molecule has 0 unspecified atom stereocenters. The first kappa shape index (κ1) is 13.1. The van der Waals surface area contributed by atoms with Crippen LogP contribution in [0.25, 0.3) is 0 Å². The summed E-state index contributed by atoms with van der Waals surface area (Å²) in [7, 11) is 0. The van der Waals surface area contributed by atoms with E-state index in [4.69, 9.17) is 0 Å². The van der Waals surface area contributed by atoms with Crippen molar-refractivity contribution in [2.24, 2.45) is 0 Å². The summed E-state index contributed by atoms with van der Waals surface area (Å²) in [6, 6.07) is 10.5. The molecular weight excluding hydrogens is 255 g/mol. The van der Waals surface area contributed by atoms with Crippen molar-refractivity contribution in [1.29, 1.82) is 0 Å². The summed E-state index contributed by atoms with van der Waals surface area (Å²) in [6.07, 6.45) is 0. The van der Waals surface area contributed by atoms with Gasteiger partial charge in [0.25, 0.3) is 0 Å². The number of benzene rings is 2. The summed E-state index contributed by atoms with van der Waals surface area (Å²) in [5, 5.41) is 2.77. The highest BCUT2D eigenvalue weighted by Gasteiger charge is 2.18. The molecule has 5 heteroatoms. The highest BCUT2D eigenvalue weighted by Crippen LogP contribution is 2.16. The number of anilines is 1. The Morgan fingerprint density at radius 2 is 1.63 bits per heavy atom. The lowest BCUT2D eigenvalue weighted by Gasteiger charge is -2.07. The molecule has 2 aromatic carbocycles. The summed E-state index contributed by atoms with van der Waals surface area (Å²) in [6.45, 7) is -0.202. The molecule has 2 nitrogen and oxygen atoms in total. The van der Waals surface area contributed by atoms with Gasteiger partial charge in [0.1, 0.15) is 0 Å². The van der Waals surface area contributed by atoms with Gasteiger partial charge in [-0.2, -0.15) is 0 Å². The molecule has 19 heavy (non-hydrogen) atoms. The average molecular weight is 265 g/mol. The van der Waals surface area contributed by atoms with Gasteiger partial charge < -0.3 is 5.32 Å². The normalized spacial score (nSPS) is 10.3. The molecular formula is C14H10F3NO. The molecule has 0 aliphatic carbocycles. The molecule has 1 N–H and O–H groups in total. The lowest BCUT2D eigenvalue weighted by molar-refractivity contribution is 0.100. The molecule has 0 aliphatic rings. The number of hydrogen-bond acceptors (Lipinski definition) is 2. The smallest absolute Gasteiger partial charge is 0.195 e. The van der Waals surface area contributed by atoms with E-state index in [0.717, 1.165) is 12.1 Å². The fourth-order valence-corrected chi connectivity index (χ4v) is 1.57. The van der Waals surface area contributed by atoms with Gasteiger partial charge in [-0.1, -0.05) is 18.2 Å². The zero-order valence-corrected chi connectivity index (χ0v) is 9.79. The number of nitrogens with one attached hydrogen (secondary N) is 1. The van der Waals surface area contributed by atoms with Gasteiger partial charge in [0, 0.05) is 5.69 Å². The van der Waals surface area contributed by atoms with E-state index in [9.17, 15) is 18.0 Å². The summed E-state index contributed by atoms with van der Waals surface area (Å²) in [4.78, 5) is 11.7. The van der Waals surface area contributed by atoms with Crippen molar-refractivity contribution in [2.45, 2.75) is 0 Å². The number of hydrogen-bond donors (Lipinski definition) is 1. The fourth-order valence-electron chi connectivity index (χ4n) is 1.57. The molecule has 98 valence electrons. The number of carbonyl (C=O) groups excluding carboxylic acids is 1. The maximum absolute atomic E-state index is 13.4. The molecule has 0 aromatic heterocycles. The number of rotatable bonds is 4. The fraction of sp³-hybridized carbons (Fsp3) is 0.0714. The molecule has 0 fully saturated rings. The molecule has 0 saturated carbocycles. The van der Waals surface area contributed by atoms with Crippen LogP contribution >= 0.6 is 0 Å². The van der Waals surface area contributed by atoms with Crippen LogP contribution in [0.3, 0.4) is 0 Å². The van der Waals surface area contributed by atoms with Crippen molar-refractivity contribution in [3.05, 3.63) is 65.5 Å². The van der Waals surface area contributed by atoms with Gasteiger partial charge in [0.05, 0.1) is 12.1 Å². The summed E-state index contributed by atoms with van der Waals surface area (Å²) >= 11 is 0. The monoisotopic (exact) mass is 265 g/mol. The van der Waals surface area contributed by atoms with Gasteiger partial charge in [-0.3, -0.25) is 4.79 Å². The maximum atomic E-state index is 13.4. The molecule has 0 spiro atoms. The van der Waals surface area contributed by atoms with Crippen LogP contribution in [0.5, 0.6) is 0 Å². The molecule has 2 aromatic rings. The highest BCUT2D eigenvalue weighted by atomic mass is 19.2. The van der Waals surface area contributed by atoms with Crippen LogP contribution < -0.4 is 5.32 Å². The van der Waals surface area contributed by atoms with Crippen LogP contribution in [-0.4, -0.2) is 12.3 Å². The van der Waals surface area contributed by atoms with Crippen molar-refractivity contribution in [3.63, 3.8) is 0 Å². The minimum atomic E-state index is -1.63. The summed E-state index contributed by atoms with van der Waals surface area (Å²) in [5.41, 5.74) is 0.209. The summed E-state index contributed by atoms with van der Waals surface area (Å²) in [5.74, 6) is -5.06. The third-order valence-electron chi connectivity index (χ3n) is 2.56. The van der Waals surface area contributed by atoms with E-state index in [0.29, 0.717) is 5.69 Å². The van der Waals surface area contributed by atoms with Gasteiger partial charge in [0.2, 0.25) is 0 Å².